The maximum atomic E-state index is 10.5. The van der Waals surface area contributed by atoms with Crippen LogP contribution in [0.15, 0.2) is 42.5 Å². The molecule has 0 amide bonds. The summed E-state index contributed by atoms with van der Waals surface area (Å²) in [7, 11) is 1.56. The predicted molar refractivity (Wildman–Crippen MR) is 103 cm³/mol. The second-order valence-corrected chi connectivity index (χ2v) is 5.71. The van der Waals surface area contributed by atoms with E-state index in [1.807, 2.05) is 19.1 Å². The molecule has 0 unspecified atom stereocenters. The van der Waals surface area contributed by atoms with Gasteiger partial charge >= 0.3 is 0 Å². The maximum absolute atomic E-state index is 10.5. The predicted octanol–water partition coefficient (Wildman–Crippen LogP) is 3.94. The van der Waals surface area contributed by atoms with Gasteiger partial charge in [-0.25, -0.2) is 9.97 Å². The topological polar surface area (TPSA) is 99.7 Å². The molecule has 2 aromatic carbocycles. The van der Waals surface area contributed by atoms with Crippen LogP contribution in [0.2, 0.25) is 0 Å². The van der Waals surface area contributed by atoms with Crippen molar-refractivity contribution in [1.29, 1.82) is 0 Å². The molecular weight excluding hydrogens is 346 g/mol. The first-order valence-corrected chi connectivity index (χ1v) is 8.44. The highest BCUT2D eigenvalue weighted by Gasteiger charge is 2.19. The van der Waals surface area contributed by atoms with Crippen LogP contribution in [0.5, 0.6) is 28.7 Å². The van der Waals surface area contributed by atoms with Crippen LogP contribution >= 0.6 is 0 Å². The Kier molecular flexibility index (Phi) is 5.30. The summed E-state index contributed by atoms with van der Waals surface area (Å²) >= 11 is 0. The number of aromatic nitrogens is 2. The zero-order chi connectivity index (χ0) is 19.4. The van der Waals surface area contributed by atoms with Gasteiger partial charge in [-0.1, -0.05) is 12.1 Å². The van der Waals surface area contributed by atoms with Gasteiger partial charge in [0.2, 0.25) is 5.95 Å². The quantitative estimate of drug-likeness (QED) is 0.680. The van der Waals surface area contributed by atoms with Crippen molar-refractivity contribution in [3.05, 3.63) is 48.2 Å². The fraction of sp³-hybridized carbons (Fsp3) is 0.200. The van der Waals surface area contributed by atoms with E-state index >= 15 is 0 Å². The van der Waals surface area contributed by atoms with Crippen molar-refractivity contribution in [3.8, 4) is 40.0 Å². The molecule has 3 aromatic rings. The minimum absolute atomic E-state index is 0.00308. The molecule has 0 aliphatic carbocycles. The van der Waals surface area contributed by atoms with E-state index in [-0.39, 0.29) is 11.7 Å². The Labute approximate surface area is 157 Å². The second kappa shape index (κ2) is 7.82. The lowest BCUT2D eigenvalue weighted by molar-refractivity contribution is 0.338. The Morgan fingerprint density at radius 2 is 1.81 bits per heavy atom. The van der Waals surface area contributed by atoms with Crippen molar-refractivity contribution >= 4 is 5.95 Å². The summed E-state index contributed by atoms with van der Waals surface area (Å²) in [4.78, 5) is 8.47. The summed E-state index contributed by atoms with van der Waals surface area (Å²) in [5.74, 6) is 2.10. The molecule has 0 spiro atoms. The number of nitrogens with zero attached hydrogens (tertiary/aromatic N) is 2. The number of nitrogens with two attached hydrogens (primary N) is 1. The molecule has 0 fully saturated rings. The number of rotatable bonds is 6. The number of phenols is 1. The highest BCUT2D eigenvalue weighted by atomic mass is 16.5. The first kappa shape index (κ1) is 18.3. The summed E-state index contributed by atoms with van der Waals surface area (Å²) < 4.78 is 16.8. The molecule has 140 valence electrons. The third kappa shape index (κ3) is 3.87. The van der Waals surface area contributed by atoms with Crippen molar-refractivity contribution in [2.45, 2.75) is 13.8 Å². The van der Waals surface area contributed by atoms with Gasteiger partial charge in [0.1, 0.15) is 17.2 Å². The zero-order valence-electron chi connectivity index (χ0n) is 15.4. The van der Waals surface area contributed by atoms with Crippen LogP contribution < -0.4 is 19.9 Å². The molecule has 0 saturated heterocycles. The minimum Gasteiger partial charge on any atom is -0.507 e. The van der Waals surface area contributed by atoms with Crippen molar-refractivity contribution in [2.75, 3.05) is 19.5 Å². The number of ether oxygens (including phenoxy) is 3. The number of benzene rings is 2. The van der Waals surface area contributed by atoms with E-state index in [0.29, 0.717) is 46.6 Å². The Bertz CT molecular complexity index is 960. The number of hydrogen-bond donors (Lipinski definition) is 2. The van der Waals surface area contributed by atoms with E-state index in [1.54, 1.807) is 38.3 Å². The van der Waals surface area contributed by atoms with E-state index < -0.39 is 0 Å². The molecule has 0 saturated carbocycles. The Hall–Kier alpha value is -3.48. The van der Waals surface area contributed by atoms with Gasteiger partial charge in [-0.15, -0.1) is 0 Å². The van der Waals surface area contributed by atoms with E-state index in [1.165, 1.54) is 6.07 Å². The van der Waals surface area contributed by atoms with Gasteiger partial charge in [0.05, 0.1) is 19.4 Å². The highest BCUT2D eigenvalue weighted by molar-refractivity contribution is 5.75. The fourth-order valence-electron chi connectivity index (χ4n) is 2.67. The molecule has 7 nitrogen and oxygen atoms in total. The SMILES string of the molecule is CCOc1ccc(-c2nc(N)nc(C)c2Oc2ccccc2OC)c(O)c1. The molecule has 1 heterocycles. The molecule has 7 heteroatoms. The van der Waals surface area contributed by atoms with Crippen molar-refractivity contribution in [3.63, 3.8) is 0 Å². The van der Waals surface area contributed by atoms with E-state index in [4.69, 9.17) is 19.9 Å². The standard InChI is InChI=1S/C20H21N3O4/c1-4-26-13-9-10-14(15(24)11-13)18-19(12(2)22-20(21)23-18)27-17-8-6-5-7-16(17)25-3/h5-11,24H,4H2,1-3H3,(H2,21,22,23). The van der Waals surface area contributed by atoms with Gasteiger partial charge in [0.25, 0.3) is 0 Å². The molecule has 1 aromatic heterocycles. The van der Waals surface area contributed by atoms with Crippen LogP contribution in [0.3, 0.4) is 0 Å². The van der Waals surface area contributed by atoms with Crippen LogP contribution in [-0.4, -0.2) is 28.8 Å². The van der Waals surface area contributed by atoms with E-state index in [9.17, 15) is 5.11 Å². The van der Waals surface area contributed by atoms with Gasteiger partial charge in [-0.05, 0) is 38.1 Å². The number of anilines is 1. The van der Waals surface area contributed by atoms with Gasteiger partial charge in [-0.3, -0.25) is 0 Å². The number of phenolic OH excluding ortho intramolecular Hbond substituents is 1. The Morgan fingerprint density at radius 1 is 1.07 bits per heavy atom. The van der Waals surface area contributed by atoms with Gasteiger partial charge in [0.15, 0.2) is 17.2 Å². The van der Waals surface area contributed by atoms with Gasteiger partial charge in [-0.2, -0.15) is 0 Å². The second-order valence-electron chi connectivity index (χ2n) is 5.71. The summed E-state index contributed by atoms with van der Waals surface area (Å²) in [5, 5.41) is 10.5. The third-order valence-electron chi connectivity index (χ3n) is 3.87. The van der Waals surface area contributed by atoms with Crippen molar-refractivity contribution in [2.24, 2.45) is 0 Å². The van der Waals surface area contributed by atoms with E-state index in [2.05, 4.69) is 9.97 Å². The largest absolute Gasteiger partial charge is 0.507 e. The average molecular weight is 367 g/mol. The average Bonchev–Trinajstić information content (AvgIpc) is 2.64. The molecule has 3 rings (SSSR count). The zero-order valence-corrected chi connectivity index (χ0v) is 15.4. The number of para-hydroxylation sites is 2. The molecular formula is C20H21N3O4. The van der Waals surface area contributed by atoms with Gasteiger partial charge < -0.3 is 25.1 Å². The normalized spacial score (nSPS) is 10.5. The molecule has 27 heavy (non-hydrogen) atoms. The van der Waals surface area contributed by atoms with Crippen LogP contribution in [0, 0.1) is 6.92 Å². The molecule has 0 aliphatic rings. The molecule has 3 N–H and O–H groups in total. The monoisotopic (exact) mass is 367 g/mol. The third-order valence-corrected chi connectivity index (χ3v) is 3.87. The highest BCUT2D eigenvalue weighted by Crippen LogP contribution is 2.41. The van der Waals surface area contributed by atoms with Crippen molar-refractivity contribution < 1.29 is 19.3 Å². The summed E-state index contributed by atoms with van der Waals surface area (Å²) in [5.41, 5.74) is 7.21. The lowest BCUT2D eigenvalue weighted by Gasteiger charge is -2.16. The maximum Gasteiger partial charge on any atom is 0.221 e. The Balaban J connectivity index is 2.11. The van der Waals surface area contributed by atoms with Gasteiger partial charge in [0, 0.05) is 11.6 Å². The minimum atomic E-state index is 0.00308. The molecule has 0 radical (unpaired) electrons. The van der Waals surface area contributed by atoms with Crippen LogP contribution in [0.4, 0.5) is 5.95 Å². The first-order valence-electron chi connectivity index (χ1n) is 8.44. The lowest BCUT2D eigenvalue weighted by atomic mass is 10.1. The van der Waals surface area contributed by atoms with Crippen LogP contribution in [0.1, 0.15) is 12.6 Å². The first-order chi connectivity index (χ1) is 13.0. The smallest absolute Gasteiger partial charge is 0.221 e. The van der Waals surface area contributed by atoms with Crippen molar-refractivity contribution in [1.82, 2.24) is 9.97 Å². The lowest BCUT2D eigenvalue weighted by Crippen LogP contribution is -2.03. The summed E-state index contributed by atoms with van der Waals surface area (Å²) in [6, 6.07) is 12.2. The number of aromatic hydroxyl groups is 1. The fourth-order valence-corrected chi connectivity index (χ4v) is 2.67. The Morgan fingerprint density at radius 3 is 2.48 bits per heavy atom. The van der Waals surface area contributed by atoms with Crippen LogP contribution in [0.25, 0.3) is 11.3 Å². The molecule has 0 atom stereocenters. The molecule has 0 aliphatic heterocycles. The number of hydrogen-bond acceptors (Lipinski definition) is 7. The summed E-state index contributed by atoms with van der Waals surface area (Å²) in [6.45, 7) is 4.14. The summed E-state index contributed by atoms with van der Waals surface area (Å²) in [6.07, 6.45) is 0. The van der Waals surface area contributed by atoms with Crippen LogP contribution in [-0.2, 0) is 0 Å². The van der Waals surface area contributed by atoms with E-state index in [0.717, 1.165) is 0 Å². The number of aryl methyl sites for hydroxylation is 1. The number of methoxy groups -OCH3 is 1. The number of nitrogen functional groups attached to an aromatic ring is 1. The molecule has 0 bridgehead atoms.